The molecule has 2 aromatic rings. The van der Waals surface area contributed by atoms with E-state index in [1.165, 1.54) is 7.05 Å². The largest absolute Gasteiger partial charge is 0.444 e. The molecule has 38 heavy (non-hydrogen) atoms. The van der Waals surface area contributed by atoms with E-state index < -0.39 is 46.6 Å². The van der Waals surface area contributed by atoms with E-state index in [-0.39, 0.29) is 25.8 Å². The molecule has 0 spiro atoms. The van der Waals surface area contributed by atoms with Crippen LogP contribution in [0.1, 0.15) is 39.2 Å². The number of hydrazine groups is 1. The van der Waals surface area contributed by atoms with Crippen LogP contribution in [-0.2, 0) is 20.7 Å². The van der Waals surface area contributed by atoms with Crippen LogP contribution in [-0.4, -0.2) is 65.2 Å². The number of fused-ring (bicyclic) bond motifs is 1. The highest BCUT2D eigenvalue weighted by molar-refractivity contribution is 5.91. The number of alkyl carbamates (subject to hydrolysis) is 1. The van der Waals surface area contributed by atoms with Crippen molar-refractivity contribution in [2.75, 3.05) is 13.6 Å². The molecule has 6 N–H and O–H groups in total. The van der Waals surface area contributed by atoms with Gasteiger partial charge in [0.25, 0.3) is 5.96 Å². The third kappa shape index (κ3) is 9.22. The van der Waals surface area contributed by atoms with Gasteiger partial charge in [0.15, 0.2) is 5.03 Å². The Kier molecular flexibility index (Phi) is 10.4. The minimum absolute atomic E-state index is 0.0315. The number of nitrogens with zero attached hydrogens (tertiary/aromatic N) is 2. The van der Waals surface area contributed by atoms with Crippen molar-refractivity contribution in [2.24, 2.45) is 5.73 Å². The molecule has 13 heteroatoms. The molecule has 1 unspecified atom stereocenters. The van der Waals surface area contributed by atoms with Gasteiger partial charge in [0.2, 0.25) is 11.8 Å². The van der Waals surface area contributed by atoms with E-state index in [1.54, 1.807) is 20.8 Å². The predicted molar refractivity (Wildman–Crippen MR) is 142 cm³/mol. The summed E-state index contributed by atoms with van der Waals surface area (Å²) in [5, 5.41) is 27.7. The summed E-state index contributed by atoms with van der Waals surface area (Å²) in [6, 6.07) is 11.3. The highest BCUT2D eigenvalue weighted by Gasteiger charge is 2.29. The van der Waals surface area contributed by atoms with E-state index in [0.717, 1.165) is 16.3 Å². The Labute approximate surface area is 220 Å². The second-order valence-corrected chi connectivity index (χ2v) is 9.65. The number of nitrogens with one attached hydrogen (secondary N) is 4. The Bertz CT molecular complexity index is 1170. The number of carbonyl (C=O) groups excluding carboxylic acids is 3. The van der Waals surface area contributed by atoms with Gasteiger partial charge >= 0.3 is 6.09 Å². The molecule has 0 aliphatic carbocycles. The third-order valence-corrected chi connectivity index (χ3v) is 5.48. The molecular formula is C25H35N7O6. The number of hydrogen-bond acceptors (Lipinski definition) is 7. The molecule has 2 aromatic carbocycles. The van der Waals surface area contributed by atoms with E-state index in [0.29, 0.717) is 5.01 Å². The van der Waals surface area contributed by atoms with E-state index in [1.807, 2.05) is 42.5 Å². The lowest BCUT2D eigenvalue weighted by Gasteiger charge is -2.25. The van der Waals surface area contributed by atoms with Crippen molar-refractivity contribution in [2.45, 2.75) is 57.7 Å². The summed E-state index contributed by atoms with van der Waals surface area (Å²) in [4.78, 5) is 49.4. The lowest BCUT2D eigenvalue weighted by molar-refractivity contribution is -0.629. The van der Waals surface area contributed by atoms with Gasteiger partial charge in [-0.3, -0.25) is 15.0 Å². The number of rotatable bonds is 11. The summed E-state index contributed by atoms with van der Waals surface area (Å²) < 4.78 is 5.25. The molecule has 0 aromatic heterocycles. The van der Waals surface area contributed by atoms with Crippen LogP contribution < -0.4 is 21.7 Å². The number of amides is 3. The topological polar surface area (TPSA) is 193 Å². The van der Waals surface area contributed by atoms with Crippen LogP contribution in [0.15, 0.2) is 42.5 Å². The lowest BCUT2D eigenvalue weighted by Crippen LogP contribution is -2.54. The second-order valence-electron chi connectivity index (χ2n) is 9.65. The van der Waals surface area contributed by atoms with Crippen molar-refractivity contribution in [1.82, 2.24) is 21.0 Å². The summed E-state index contributed by atoms with van der Waals surface area (Å²) >= 11 is 0. The monoisotopic (exact) mass is 529 g/mol. The molecule has 2 rings (SSSR count). The van der Waals surface area contributed by atoms with Gasteiger partial charge in [0.1, 0.15) is 17.7 Å². The zero-order chi connectivity index (χ0) is 28.5. The number of guanidine groups is 1. The fraction of sp³-hybridized carbons (Fsp3) is 0.440. The first-order valence-electron chi connectivity index (χ1n) is 12.1. The number of benzene rings is 2. The maximum atomic E-state index is 13.2. The SMILES string of the molecule is CNC(=O)[C@@H](Cc1ccc2ccccc2c1)NC(=O)C(CCCN(C(=N)N)[N+](=O)[O-])NC(=O)OC(C)(C)C. The standard InChI is InChI=1S/C25H35N7O6/c1-25(2,3)38-24(35)30-19(10-7-13-31(23(26)27)32(36)37)22(34)29-20(21(33)28-4)15-16-11-12-17-8-5-6-9-18(17)14-16/h5-6,8-9,11-12,14,19-20H,7,10,13,15H2,1-4H3,(H3,26,27)(H,28,33)(H,29,34)(H,30,35)/t19?,20-/m1/s1. The number of likely N-dealkylation sites (N-methyl/N-ethyl adjacent to an activating group) is 1. The molecule has 0 fully saturated rings. The van der Waals surface area contributed by atoms with E-state index in [4.69, 9.17) is 15.9 Å². The van der Waals surface area contributed by atoms with Crippen LogP contribution >= 0.6 is 0 Å². The first kappa shape index (κ1) is 29.8. The number of carbonyl (C=O) groups is 3. The molecule has 0 saturated heterocycles. The molecule has 2 atom stereocenters. The fourth-order valence-electron chi connectivity index (χ4n) is 3.71. The van der Waals surface area contributed by atoms with Crippen molar-refractivity contribution < 1.29 is 24.2 Å². The van der Waals surface area contributed by atoms with Gasteiger partial charge in [-0.15, -0.1) is 0 Å². The average molecular weight is 530 g/mol. The first-order valence-corrected chi connectivity index (χ1v) is 12.1. The van der Waals surface area contributed by atoms with Crippen LogP contribution in [0.4, 0.5) is 4.79 Å². The van der Waals surface area contributed by atoms with Crippen molar-refractivity contribution in [1.29, 1.82) is 5.41 Å². The number of hydrogen-bond donors (Lipinski definition) is 5. The fourth-order valence-corrected chi connectivity index (χ4v) is 3.71. The average Bonchev–Trinajstić information content (AvgIpc) is 2.83. The Morgan fingerprint density at radius 3 is 2.32 bits per heavy atom. The molecule has 0 aliphatic heterocycles. The summed E-state index contributed by atoms with van der Waals surface area (Å²) in [5.41, 5.74) is 5.23. The molecular weight excluding hydrogens is 494 g/mol. The van der Waals surface area contributed by atoms with Gasteiger partial charge in [-0.05, 0) is 49.9 Å². The van der Waals surface area contributed by atoms with Gasteiger partial charge < -0.3 is 26.4 Å². The predicted octanol–water partition coefficient (Wildman–Crippen LogP) is 1.67. The summed E-state index contributed by atoms with van der Waals surface area (Å²) in [6.07, 6.45) is -0.682. The second kappa shape index (κ2) is 13.2. The van der Waals surface area contributed by atoms with Crippen LogP contribution in [0.25, 0.3) is 10.8 Å². The minimum atomic E-state index is -1.17. The third-order valence-electron chi connectivity index (χ3n) is 5.48. The maximum Gasteiger partial charge on any atom is 0.408 e. The van der Waals surface area contributed by atoms with Gasteiger partial charge in [-0.1, -0.05) is 47.5 Å². The van der Waals surface area contributed by atoms with Crippen molar-refractivity contribution >= 4 is 34.6 Å². The Balaban J connectivity index is 2.20. The molecule has 0 bridgehead atoms. The Hall–Kier alpha value is -4.42. The van der Waals surface area contributed by atoms with Crippen LogP contribution in [0, 0.1) is 15.5 Å². The Morgan fingerprint density at radius 1 is 1.08 bits per heavy atom. The van der Waals surface area contributed by atoms with Gasteiger partial charge in [-0.25, -0.2) is 14.9 Å². The lowest BCUT2D eigenvalue weighted by atomic mass is 10.0. The van der Waals surface area contributed by atoms with Crippen LogP contribution in [0.3, 0.4) is 0 Å². The zero-order valence-corrected chi connectivity index (χ0v) is 21.9. The zero-order valence-electron chi connectivity index (χ0n) is 21.9. The molecule has 0 heterocycles. The molecule has 13 nitrogen and oxygen atoms in total. The summed E-state index contributed by atoms with van der Waals surface area (Å²) in [5.74, 6) is -1.86. The summed E-state index contributed by atoms with van der Waals surface area (Å²) in [7, 11) is 1.45. The quantitative estimate of drug-likeness (QED) is 0.125. The molecule has 0 aliphatic rings. The van der Waals surface area contributed by atoms with E-state index in [2.05, 4.69) is 16.0 Å². The molecule has 206 valence electrons. The van der Waals surface area contributed by atoms with E-state index >= 15 is 0 Å². The van der Waals surface area contributed by atoms with Crippen LogP contribution in [0.5, 0.6) is 0 Å². The number of ether oxygens (including phenoxy) is 1. The first-order chi connectivity index (χ1) is 17.8. The minimum Gasteiger partial charge on any atom is -0.444 e. The Morgan fingerprint density at radius 2 is 1.74 bits per heavy atom. The van der Waals surface area contributed by atoms with E-state index in [9.17, 15) is 24.5 Å². The normalized spacial score (nSPS) is 12.6. The highest BCUT2D eigenvalue weighted by atomic mass is 16.7. The van der Waals surface area contributed by atoms with Gasteiger partial charge in [0, 0.05) is 13.5 Å². The van der Waals surface area contributed by atoms with Crippen molar-refractivity contribution in [3.63, 3.8) is 0 Å². The molecule has 0 radical (unpaired) electrons. The maximum absolute atomic E-state index is 13.2. The van der Waals surface area contributed by atoms with Crippen molar-refractivity contribution in [3.8, 4) is 0 Å². The highest BCUT2D eigenvalue weighted by Crippen LogP contribution is 2.17. The van der Waals surface area contributed by atoms with Gasteiger partial charge in [0.05, 0.1) is 6.54 Å². The van der Waals surface area contributed by atoms with Crippen molar-refractivity contribution in [3.05, 3.63) is 58.1 Å². The van der Waals surface area contributed by atoms with Gasteiger partial charge in [-0.2, -0.15) is 0 Å². The smallest absolute Gasteiger partial charge is 0.408 e. The van der Waals surface area contributed by atoms with Crippen LogP contribution in [0.2, 0.25) is 0 Å². The molecule has 0 saturated carbocycles. The number of nitrogens with two attached hydrogens (primary N) is 1. The molecule has 3 amide bonds. The number of nitro groups is 1. The summed E-state index contributed by atoms with van der Waals surface area (Å²) in [6.45, 7) is 4.72.